The Bertz CT molecular complexity index is 376. The summed E-state index contributed by atoms with van der Waals surface area (Å²) in [6.45, 7) is 2.18. The molecule has 0 nitrogen and oxygen atoms in total. The number of thiophene rings is 1. The zero-order valence-corrected chi connectivity index (χ0v) is 8.47. The van der Waals surface area contributed by atoms with Crippen molar-refractivity contribution in [3.05, 3.63) is 29.6 Å². The van der Waals surface area contributed by atoms with Crippen LogP contribution in [0.25, 0.3) is 10.1 Å². The van der Waals surface area contributed by atoms with Crippen LogP contribution in [0.15, 0.2) is 29.2 Å². The van der Waals surface area contributed by atoms with Crippen LogP contribution in [0.4, 0.5) is 0 Å². The third-order valence-electron chi connectivity index (χ3n) is 1.68. The number of fused-ring (bicyclic) bond motifs is 1. The first kappa shape index (κ1) is 8.14. The molecular weight excluding hydrogens is 184 g/mol. The van der Waals surface area contributed by atoms with Crippen molar-refractivity contribution in [1.29, 1.82) is 0 Å². The fourth-order valence-corrected chi connectivity index (χ4v) is 2.65. The average Bonchev–Trinajstić information content (AvgIpc) is 2.51. The van der Waals surface area contributed by atoms with Crippen LogP contribution in [-0.2, 0) is 0 Å². The van der Waals surface area contributed by atoms with Crippen LogP contribution in [0.5, 0.6) is 0 Å². The lowest BCUT2D eigenvalue weighted by Crippen LogP contribution is -1.70. The molecule has 0 spiro atoms. The molecule has 1 aromatic carbocycles. The molecule has 12 heavy (non-hydrogen) atoms. The summed E-state index contributed by atoms with van der Waals surface area (Å²) in [7, 11) is 0. The van der Waals surface area contributed by atoms with E-state index in [2.05, 4.69) is 30.5 Å². The summed E-state index contributed by atoms with van der Waals surface area (Å²) in [6, 6.07) is 8.63. The van der Waals surface area contributed by atoms with Gasteiger partial charge in [0.25, 0.3) is 0 Å². The van der Waals surface area contributed by atoms with Crippen molar-refractivity contribution in [3.8, 4) is 0 Å². The highest BCUT2D eigenvalue weighted by molar-refractivity contribution is 7.99. The normalized spacial score (nSPS) is 10.8. The first-order valence-electron chi connectivity index (χ1n) is 3.92. The van der Waals surface area contributed by atoms with Crippen molar-refractivity contribution in [2.75, 3.05) is 5.75 Å². The van der Waals surface area contributed by atoms with Crippen molar-refractivity contribution in [3.63, 3.8) is 0 Å². The molecule has 0 bridgehead atoms. The van der Waals surface area contributed by atoms with E-state index in [1.165, 1.54) is 15.0 Å². The molecule has 0 aliphatic carbocycles. The Morgan fingerprint density at radius 1 is 1.50 bits per heavy atom. The Labute approximate surface area is 80.6 Å². The van der Waals surface area contributed by atoms with Gasteiger partial charge in [-0.05, 0) is 29.3 Å². The molecule has 1 heterocycles. The predicted molar refractivity (Wildman–Crippen MR) is 57.1 cm³/mol. The Morgan fingerprint density at radius 2 is 2.42 bits per heavy atom. The second-order valence-corrected chi connectivity index (χ2v) is 4.71. The highest BCUT2D eigenvalue weighted by atomic mass is 32.2. The zero-order chi connectivity index (χ0) is 8.39. The molecule has 61 valence electrons. The van der Waals surface area contributed by atoms with E-state index in [1.807, 2.05) is 17.8 Å². The Hall–Kier alpha value is -0.470. The van der Waals surface area contributed by atoms with E-state index >= 15 is 0 Å². The summed E-state index contributed by atoms with van der Waals surface area (Å²) in [5.41, 5.74) is 0. The topological polar surface area (TPSA) is 0 Å². The highest BCUT2D eigenvalue weighted by Crippen LogP contribution is 2.26. The van der Waals surface area contributed by atoms with E-state index in [-0.39, 0.29) is 0 Å². The average molecular weight is 193 g/mol. The molecule has 0 aliphatic heterocycles. The summed E-state index contributed by atoms with van der Waals surface area (Å²) in [4.78, 5) is 1.36. The molecule has 2 heteroatoms. The molecule has 0 unspecified atom stereocenters. The van der Waals surface area contributed by atoms with E-state index in [0.717, 1.165) is 5.75 Å². The van der Waals surface area contributed by atoms with Gasteiger partial charge >= 0.3 is 0 Å². The first-order chi connectivity index (χ1) is 5.90. The van der Waals surface area contributed by atoms with Gasteiger partial charge in [-0.1, -0.05) is 13.0 Å². The third-order valence-corrected chi connectivity index (χ3v) is 3.36. The maximum absolute atomic E-state index is 3.14. The summed E-state index contributed by atoms with van der Waals surface area (Å²) < 4.78 is 1.34. The fourth-order valence-electron chi connectivity index (χ4n) is 1.14. The van der Waals surface area contributed by atoms with Gasteiger partial charge in [0.2, 0.25) is 0 Å². The van der Waals surface area contributed by atoms with Gasteiger partial charge in [0.15, 0.2) is 0 Å². The number of hydrogen-bond acceptors (Lipinski definition) is 2. The third kappa shape index (κ3) is 1.50. The van der Waals surface area contributed by atoms with Crippen molar-refractivity contribution in [2.24, 2.45) is 0 Å². The molecule has 0 amide bonds. The molecule has 2 rings (SSSR count). The minimum atomic E-state index is 1.14. The van der Waals surface area contributed by atoms with E-state index in [9.17, 15) is 0 Å². The fraction of sp³-hybridized carbons (Fsp3) is 0.200. The van der Waals surface area contributed by atoms with Gasteiger partial charge in [-0.25, -0.2) is 0 Å². The van der Waals surface area contributed by atoms with Crippen molar-refractivity contribution < 1.29 is 0 Å². The van der Waals surface area contributed by atoms with Crippen LogP contribution in [0.1, 0.15) is 6.92 Å². The summed E-state index contributed by atoms with van der Waals surface area (Å²) in [6.07, 6.45) is 0. The Balaban J connectivity index is 2.46. The number of rotatable bonds is 2. The molecule has 1 aromatic heterocycles. The molecule has 0 fully saturated rings. The van der Waals surface area contributed by atoms with Crippen molar-refractivity contribution in [2.45, 2.75) is 11.8 Å². The summed E-state index contributed by atoms with van der Waals surface area (Å²) in [5.74, 6) is 1.14. The second kappa shape index (κ2) is 3.50. The van der Waals surface area contributed by atoms with Crippen molar-refractivity contribution >= 4 is 33.2 Å². The maximum atomic E-state index is 3.14. The maximum Gasteiger partial charge on any atom is 0.0455 e. The molecule has 0 saturated heterocycles. The molecule has 2 aromatic rings. The van der Waals surface area contributed by atoms with Crippen LogP contribution in [0.2, 0.25) is 0 Å². The number of thioether (sulfide) groups is 1. The van der Waals surface area contributed by atoms with Gasteiger partial charge in [-0.15, -0.1) is 23.1 Å². The molecule has 0 atom stereocenters. The van der Waals surface area contributed by atoms with Gasteiger partial charge in [0.1, 0.15) is 0 Å². The van der Waals surface area contributed by atoms with Crippen LogP contribution >= 0.6 is 23.1 Å². The smallest absolute Gasteiger partial charge is 0.0455 e. The van der Waals surface area contributed by atoms with Gasteiger partial charge in [-0.2, -0.15) is 0 Å². The lowest BCUT2D eigenvalue weighted by Gasteiger charge is -1.96. The molecule has 1 radical (unpaired) electrons. The van der Waals surface area contributed by atoms with Gasteiger partial charge in [0.05, 0.1) is 0 Å². The SMILES string of the molecule is CCSc1ccc2c[c]sc2c1. The zero-order valence-electron chi connectivity index (χ0n) is 6.83. The monoisotopic (exact) mass is 193 g/mol. The van der Waals surface area contributed by atoms with Gasteiger partial charge in [0, 0.05) is 15.0 Å². The lowest BCUT2D eigenvalue weighted by molar-refractivity contribution is 1.46. The van der Waals surface area contributed by atoms with Crippen LogP contribution in [0, 0.1) is 5.38 Å². The standard InChI is InChI=1S/C10H9S2/c1-2-11-9-4-3-8-5-6-12-10(8)7-9/h3-5,7H,2H2,1H3. The Morgan fingerprint density at radius 3 is 3.25 bits per heavy atom. The van der Waals surface area contributed by atoms with E-state index in [1.54, 1.807) is 11.3 Å². The largest absolute Gasteiger partial charge is 0.134 e. The summed E-state index contributed by atoms with van der Waals surface area (Å²) in [5, 5.41) is 4.45. The number of benzene rings is 1. The quantitative estimate of drug-likeness (QED) is 0.653. The van der Waals surface area contributed by atoms with Crippen LogP contribution < -0.4 is 0 Å². The van der Waals surface area contributed by atoms with Crippen LogP contribution in [-0.4, -0.2) is 5.75 Å². The minimum absolute atomic E-state index is 1.14. The van der Waals surface area contributed by atoms with E-state index in [0.29, 0.717) is 0 Å². The highest BCUT2D eigenvalue weighted by Gasteiger charge is 1.96. The molecule has 0 saturated carbocycles. The van der Waals surface area contributed by atoms with E-state index < -0.39 is 0 Å². The van der Waals surface area contributed by atoms with Gasteiger partial charge in [-0.3, -0.25) is 0 Å². The first-order valence-corrected chi connectivity index (χ1v) is 5.73. The summed E-state index contributed by atoms with van der Waals surface area (Å²) >= 11 is 3.58. The molecular formula is C10H9S2. The molecule has 0 N–H and O–H groups in total. The molecule has 0 aliphatic rings. The minimum Gasteiger partial charge on any atom is -0.134 e. The lowest BCUT2D eigenvalue weighted by atomic mass is 10.3. The predicted octanol–water partition coefficient (Wildman–Crippen LogP) is 3.81. The number of hydrogen-bond donors (Lipinski definition) is 0. The second-order valence-electron chi connectivity index (χ2n) is 2.50. The van der Waals surface area contributed by atoms with E-state index in [4.69, 9.17) is 0 Å². The Kier molecular flexibility index (Phi) is 2.38. The van der Waals surface area contributed by atoms with Crippen molar-refractivity contribution in [1.82, 2.24) is 0 Å². The van der Waals surface area contributed by atoms with Gasteiger partial charge < -0.3 is 0 Å². The van der Waals surface area contributed by atoms with Crippen LogP contribution in [0.3, 0.4) is 0 Å².